The Morgan fingerprint density at radius 3 is 2.48 bits per heavy atom. The predicted octanol–water partition coefficient (Wildman–Crippen LogP) is 0.864. The number of piperidine rings is 1. The lowest BCUT2D eigenvalue weighted by Crippen LogP contribution is -2.59. The maximum Gasteiger partial charge on any atom is 0.257 e. The minimum Gasteiger partial charge on any atom is -0.298 e. The number of Topliss-reactive ketones (excluding diaryl/α,β-unsaturated/α-hetero) is 1. The quantitative estimate of drug-likeness (QED) is 0.804. The first-order valence-corrected chi connectivity index (χ1v) is 8.14. The van der Waals surface area contributed by atoms with Crippen LogP contribution >= 0.6 is 0 Å². The Kier molecular flexibility index (Phi) is 4.16. The molecule has 1 aromatic heterocycles. The molecule has 1 amide bonds. The first-order chi connectivity index (χ1) is 10.9. The molecule has 4 unspecified atom stereocenters. The van der Waals surface area contributed by atoms with Crippen LogP contribution in [0.4, 0.5) is 5.95 Å². The van der Waals surface area contributed by atoms with E-state index in [4.69, 9.17) is 0 Å². The number of nitrogens with one attached hydrogen (secondary N) is 2. The van der Waals surface area contributed by atoms with E-state index in [1.165, 1.54) is 5.01 Å². The number of fused-ring (bicyclic) bond motifs is 1. The predicted molar refractivity (Wildman–Crippen MR) is 85.4 cm³/mol. The number of aromatic nitrogens is 2. The molecule has 7 nitrogen and oxygen atoms in total. The van der Waals surface area contributed by atoms with E-state index in [1.807, 2.05) is 26.8 Å². The lowest BCUT2D eigenvalue weighted by Gasteiger charge is -2.34. The lowest BCUT2D eigenvalue weighted by atomic mass is 9.80. The van der Waals surface area contributed by atoms with Crippen molar-refractivity contribution in [3.05, 3.63) is 17.5 Å². The molecule has 23 heavy (non-hydrogen) atoms. The number of hydrogen-bond acceptors (Lipinski definition) is 6. The number of hydrogen-bond donors (Lipinski definition) is 2. The third-order valence-electron chi connectivity index (χ3n) is 4.58. The normalized spacial score (nSPS) is 30.7. The summed E-state index contributed by atoms with van der Waals surface area (Å²) in [5.74, 6) is -0.770. The summed E-state index contributed by atoms with van der Waals surface area (Å²) in [6.07, 6.45) is 1.33. The van der Waals surface area contributed by atoms with Gasteiger partial charge in [-0.25, -0.2) is 20.4 Å². The molecule has 0 aliphatic carbocycles. The highest BCUT2D eigenvalue weighted by Crippen LogP contribution is 2.30. The average molecular weight is 317 g/mol. The molecule has 1 aromatic rings. The molecule has 2 aliphatic heterocycles. The van der Waals surface area contributed by atoms with E-state index in [0.29, 0.717) is 5.95 Å². The van der Waals surface area contributed by atoms with Crippen molar-refractivity contribution in [3.63, 3.8) is 0 Å². The fourth-order valence-corrected chi connectivity index (χ4v) is 3.52. The maximum absolute atomic E-state index is 12.8. The summed E-state index contributed by atoms with van der Waals surface area (Å²) in [4.78, 5) is 34.1. The van der Waals surface area contributed by atoms with Crippen LogP contribution in [0.2, 0.25) is 0 Å². The van der Waals surface area contributed by atoms with Crippen LogP contribution in [0, 0.1) is 25.7 Å². The van der Waals surface area contributed by atoms with Gasteiger partial charge in [0.15, 0.2) is 5.78 Å². The molecule has 0 radical (unpaired) electrons. The van der Waals surface area contributed by atoms with Crippen LogP contribution in [0.3, 0.4) is 0 Å². The van der Waals surface area contributed by atoms with Gasteiger partial charge >= 0.3 is 0 Å². The summed E-state index contributed by atoms with van der Waals surface area (Å²) in [7, 11) is 0. The number of carbonyl (C=O) groups excluding carboxylic acids is 2. The van der Waals surface area contributed by atoms with Crippen LogP contribution < -0.4 is 15.8 Å². The Morgan fingerprint density at radius 1 is 1.22 bits per heavy atom. The molecule has 0 aromatic carbocycles. The smallest absolute Gasteiger partial charge is 0.257 e. The fraction of sp³-hybridized carbons (Fsp3) is 0.625. The Bertz CT molecular complexity index is 627. The van der Waals surface area contributed by atoms with Crippen molar-refractivity contribution in [2.24, 2.45) is 11.8 Å². The fourth-order valence-electron chi connectivity index (χ4n) is 3.52. The summed E-state index contributed by atoms with van der Waals surface area (Å²) in [5, 5.41) is 4.67. The van der Waals surface area contributed by atoms with Crippen LogP contribution in [0.15, 0.2) is 6.07 Å². The van der Waals surface area contributed by atoms with E-state index in [1.54, 1.807) is 0 Å². The van der Waals surface area contributed by atoms with Gasteiger partial charge in [0.25, 0.3) is 5.91 Å². The molecule has 0 saturated carbocycles. The molecule has 4 atom stereocenters. The van der Waals surface area contributed by atoms with Gasteiger partial charge in [-0.05, 0) is 33.3 Å². The monoisotopic (exact) mass is 317 g/mol. The number of carbonyl (C=O) groups is 2. The van der Waals surface area contributed by atoms with Crippen LogP contribution in [-0.4, -0.2) is 33.9 Å². The standard InChI is InChI=1S/C16H23N5O2/c1-5-6-11-10(4)19-14-12(13(11)22)15(23)21(20-14)16-17-8(2)7-9(3)18-16/h7,10-12,14,19-20H,5-6H2,1-4H3. The number of aryl methyl sites for hydroxylation is 2. The van der Waals surface area contributed by atoms with E-state index < -0.39 is 5.92 Å². The Morgan fingerprint density at radius 2 is 1.87 bits per heavy atom. The van der Waals surface area contributed by atoms with Crippen molar-refractivity contribution in [1.82, 2.24) is 20.7 Å². The topological polar surface area (TPSA) is 87.2 Å². The third-order valence-corrected chi connectivity index (χ3v) is 4.58. The molecule has 0 spiro atoms. The summed E-state index contributed by atoms with van der Waals surface area (Å²) in [5.41, 5.74) is 4.63. The van der Waals surface area contributed by atoms with Crippen molar-refractivity contribution in [2.45, 2.75) is 52.7 Å². The summed E-state index contributed by atoms with van der Waals surface area (Å²) < 4.78 is 0. The van der Waals surface area contributed by atoms with E-state index >= 15 is 0 Å². The Hall–Kier alpha value is -1.86. The molecule has 2 fully saturated rings. The Labute approximate surface area is 135 Å². The number of anilines is 1. The second-order valence-corrected chi connectivity index (χ2v) is 6.46. The van der Waals surface area contributed by atoms with Crippen LogP contribution in [0.1, 0.15) is 38.1 Å². The van der Waals surface area contributed by atoms with Gasteiger partial charge in [-0.2, -0.15) is 0 Å². The highest BCUT2D eigenvalue weighted by atomic mass is 16.2. The molecular weight excluding hydrogens is 294 g/mol. The van der Waals surface area contributed by atoms with Gasteiger partial charge in [-0.3, -0.25) is 14.9 Å². The second-order valence-electron chi connectivity index (χ2n) is 6.46. The van der Waals surface area contributed by atoms with Gasteiger partial charge in [-0.15, -0.1) is 0 Å². The molecular formula is C16H23N5O2. The van der Waals surface area contributed by atoms with Crippen molar-refractivity contribution in [3.8, 4) is 0 Å². The molecule has 124 valence electrons. The highest BCUT2D eigenvalue weighted by Gasteiger charge is 2.52. The van der Waals surface area contributed by atoms with Crippen LogP contribution in [0.25, 0.3) is 0 Å². The minimum atomic E-state index is -0.702. The van der Waals surface area contributed by atoms with Crippen LogP contribution in [-0.2, 0) is 9.59 Å². The van der Waals surface area contributed by atoms with Gasteiger partial charge in [0.1, 0.15) is 5.92 Å². The number of hydrazine groups is 1. The lowest BCUT2D eigenvalue weighted by molar-refractivity contribution is -0.137. The molecule has 3 rings (SSSR count). The van der Waals surface area contributed by atoms with E-state index in [0.717, 1.165) is 24.2 Å². The second kappa shape index (κ2) is 5.98. The summed E-state index contributed by atoms with van der Waals surface area (Å²) in [6, 6.07) is 1.89. The number of nitrogens with zero attached hydrogens (tertiary/aromatic N) is 3. The molecule has 3 heterocycles. The molecule has 0 bridgehead atoms. The minimum absolute atomic E-state index is 0.0208. The average Bonchev–Trinajstić information content (AvgIpc) is 2.79. The molecule has 2 saturated heterocycles. The summed E-state index contributed by atoms with van der Waals surface area (Å²) >= 11 is 0. The van der Waals surface area contributed by atoms with E-state index in [-0.39, 0.29) is 29.8 Å². The highest BCUT2D eigenvalue weighted by molar-refractivity contribution is 6.11. The number of ketones is 1. The van der Waals surface area contributed by atoms with Gasteiger partial charge < -0.3 is 0 Å². The van der Waals surface area contributed by atoms with Gasteiger partial charge in [0.2, 0.25) is 5.95 Å². The molecule has 7 heteroatoms. The first-order valence-electron chi connectivity index (χ1n) is 8.14. The van der Waals surface area contributed by atoms with Crippen molar-refractivity contribution >= 4 is 17.6 Å². The van der Waals surface area contributed by atoms with Gasteiger partial charge in [-0.1, -0.05) is 13.3 Å². The van der Waals surface area contributed by atoms with E-state index in [9.17, 15) is 9.59 Å². The Balaban J connectivity index is 1.89. The van der Waals surface area contributed by atoms with Gasteiger partial charge in [0.05, 0.1) is 6.17 Å². The zero-order valence-electron chi connectivity index (χ0n) is 14.0. The van der Waals surface area contributed by atoms with Crippen molar-refractivity contribution < 1.29 is 9.59 Å². The first kappa shape index (κ1) is 16.0. The van der Waals surface area contributed by atoms with Crippen molar-refractivity contribution in [1.29, 1.82) is 0 Å². The zero-order chi connectivity index (χ0) is 16.7. The third kappa shape index (κ3) is 2.74. The van der Waals surface area contributed by atoms with Crippen molar-refractivity contribution in [2.75, 3.05) is 5.01 Å². The molecule has 2 aliphatic rings. The summed E-state index contributed by atoms with van der Waals surface area (Å²) in [6.45, 7) is 7.76. The number of rotatable bonds is 3. The van der Waals surface area contributed by atoms with Crippen LogP contribution in [0.5, 0.6) is 0 Å². The van der Waals surface area contributed by atoms with E-state index in [2.05, 4.69) is 27.6 Å². The maximum atomic E-state index is 12.8. The SMILES string of the molecule is CCCC1C(=O)C2C(=O)N(c3nc(C)cc(C)n3)NC2NC1C. The molecule has 2 N–H and O–H groups in total. The van der Waals surface area contributed by atoms with Gasteiger partial charge in [0, 0.05) is 23.3 Å². The zero-order valence-corrected chi connectivity index (χ0v) is 14.0. The largest absolute Gasteiger partial charge is 0.298 e. The number of amides is 1.